The van der Waals surface area contributed by atoms with Crippen LogP contribution in [0.3, 0.4) is 0 Å². The summed E-state index contributed by atoms with van der Waals surface area (Å²) in [7, 11) is 3.11. The molecular formula is C16H16N4O3. The van der Waals surface area contributed by atoms with Crippen LogP contribution in [0.5, 0.6) is 11.5 Å². The van der Waals surface area contributed by atoms with Gasteiger partial charge in [-0.05, 0) is 18.2 Å². The quantitative estimate of drug-likeness (QED) is 0.776. The van der Waals surface area contributed by atoms with Crippen molar-refractivity contribution >= 4 is 22.9 Å². The fourth-order valence-corrected chi connectivity index (χ4v) is 2.17. The van der Waals surface area contributed by atoms with Gasteiger partial charge in [0.1, 0.15) is 11.5 Å². The number of methoxy groups -OCH3 is 2. The number of nitrogens with zero attached hydrogens (tertiary/aromatic N) is 2. The topological polar surface area (TPSA) is 76.9 Å². The zero-order valence-corrected chi connectivity index (χ0v) is 12.7. The van der Waals surface area contributed by atoms with E-state index in [1.54, 1.807) is 55.4 Å². The van der Waals surface area contributed by atoms with E-state index in [0.717, 1.165) is 5.52 Å². The normalized spacial score (nSPS) is 10.3. The van der Waals surface area contributed by atoms with Crippen LogP contribution in [0, 0.1) is 0 Å². The average Bonchev–Trinajstić information content (AvgIpc) is 3.01. The van der Waals surface area contributed by atoms with E-state index in [-0.39, 0.29) is 6.03 Å². The first kappa shape index (κ1) is 14.7. The van der Waals surface area contributed by atoms with E-state index in [1.807, 2.05) is 12.1 Å². The Morgan fingerprint density at radius 2 is 1.70 bits per heavy atom. The van der Waals surface area contributed by atoms with E-state index in [1.165, 1.54) is 0 Å². The van der Waals surface area contributed by atoms with Crippen LogP contribution in [0.2, 0.25) is 0 Å². The van der Waals surface area contributed by atoms with Gasteiger partial charge in [0, 0.05) is 42.0 Å². The van der Waals surface area contributed by atoms with Gasteiger partial charge in [-0.15, -0.1) is 0 Å². The van der Waals surface area contributed by atoms with Crippen LogP contribution in [0.4, 0.5) is 16.2 Å². The lowest BCUT2D eigenvalue weighted by Crippen LogP contribution is -2.19. The minimum Gasteiger partial charge on any atom is -0.497 e. The third-order valence-electron chi connectivity index (χ3n) is 3.27. The van der Waals surface area contributed by atoms with Crippen molar-refractivity contribution in [3.63, 3.8) is 0 Å². The van der Waals surface area contributed by atoms with Gasteiger partial charge in [0.25, 0.3) is 0 Å². The Morgan fingerprint density at radius 1 is 1.00 bits per heavy atom. The van der Waals surface area contributed by atoms with Gasteiger partial charge in [0.2, 0.25) is 0 Å². The third-order valence-corrected chi connectivity index (χ3v) is 3.27. The van der Waals surface area contributed by atoms with Gasteiger partial charge >= 0.3 is 6.03 Å². The van der Waals surface area contributed by atoms with Crippen LogP contribution in [0.15, 0.2) is 48.8 Å². The summed E-state index contributed by atoms with van der Waals surface area (Å²) >= 11 is 0. The van der Waals surface area contributed by atoms with Crippen LogP contribution in [0.1, 0.15) is 0 Å². The van der Waals surface area contributed by atoms with Crippen LogP contribution in [-0.2, 0) is 0 Å². The van der Waals surface area contributed by atoms with Gasteiger partial charge in [-0.3, -0.25) is 0 Å². The van der Waals surface area contributed by atoms with Gasteiger partial charge in [-0.1, -0.05) is 0 Å². The number of hydrogen-bond donors (Lipinski definition) is 2. The Kier molecular flexibility index (Phi) is 4.01. The summed E-state index contributed by atoms with van der Waals surface area (Å²) in [5.74, 6) is 1.20. The van der Waals surface area contributed by atoms with E-state index in [0.29, 0.717) is 22.9 Å². The van der Waals surface area contributed by atoms with Gasteiger partial charge < -0.3 is 20.1 Å². The number of rotatable bonds is 4. The molecule has 0 fully saturated rings. The molecular weight excluding hydrogens is 296 g/mol. The molecule has 0 aliphatic heterocycles. The molecule has 118 valence electrons. The lowest BCUT2D eigenvalue weighted by atomic mass is 10.3. The smallest absolute Gasteiger partial charge is 0.323 e. The molecule has 0 unspecified atom stereocenters. The van der Waals surface area contributed by atoms with Crippen LogP contribution < -0.4 is 20.1 Å². The lowest BCUT2D eigenvalue weighted by Gasteiger charge is -2.11. The number of aromatic nitrogens is 2. The van der Waals surface area contributed by atoms with Crippen molar-refractivity contribution in [2.75, 3.05) is 24.9 Å². The third kappa shape index (κ3) is 3.34. The Labute approximate surface area is 132 Å². The summed E-state index contributed by atoms with van der Waals surface area (Å²) < 4.78 is 12.1. The average molecular weight is 312 g/mol. The standard InChI is InChI=1S/C16H16N4O3/c1-22-14-8-12(9-15(10-14)23-2)19-16(21)18-11-4-6-20-13(7-11)3-5-17-20/h3-10H,1-2H3,(H2,18,19,21). The highest BCUT2D eigenvalue weighted by atomic mass is 16.5. The summed E-state index contributed by atoms with van der Waals surface area (Å²) in [5.41, 5.74) is 2.14. The molecule has 0 bridgehead atoms. The maximum Gasteiger partial charge on any atom is 0.323 e. The molecule has 0 aliphatic carbocycles. The summed E-state index contributed by atoms with van der Waals surface area (Å²) in [4.78, 5) is 12.1. The molecule has 23 heavy (non-hydrogen) atoms. The maximum absolute atomic E-state index is 12.1. The summed E-state index contributed by atoms with van der Waals surface area (Å²) in [6.07, 6.45) is 3.47. The zero-order valence-electron chi connectivity index (χ0n) is 12.7. The molecule has 1 aromatic carbocycles. The number of anilines is 2. The first-order chi connectivity index (χ1) is 11.2. The van der Waals surface area contributed by atoms with Crippen molar-refractivity contribution < 1.29 is 14.3 Å². The molecule has 2 heterocycles. The fourth-order valence-electron chi connectivity index (χ4n) is 2.17. The molecule has 0 spiro atoms. The van der Waals surface area contributed by atoms with E-state index in [2.05, 4.69) is 15.7 Å². The van der Waals surface area contributed by atoms with E-state index in [4.69, 9.17) is 9.47 Å². The first-order valence-corrected chi connectivity index (χ1v) is 6.92. The molecule has 0 saturated carbocycles. The van der Waals surface area contributed by atoms with Gasteiger partial charge in [0.05, 0.1) is 19.7 Å². The number of benzene rings is 1. The molecule has 7 nitrogen and oxygen atoms in total. The summed E-state index contributed by atoms with van der Waals surface area (Å²) in [5, 5.41) is 9.63. The molecule has 7 heteroatoms. The highest BCUT2D eigenvalue weighted by molar-refractivity contribution is 6.00. The minimum atomic E-state index is -0.357. The maximum atomic E-state index is 12.1. The van der Waals surface area contributed by atoms with E-state index in [9.17, 15) is 4.79 Å². The van der Waals surface area contributed by atoms with Crippen molar-refractivity contribution in [2.45, 2.75) is 0 Å². The number of ether oxygens (including phenoxy) is 2. The van der Waals surface area contributed by atoms with E-state index >= 15 is 0 Å². The van der Waals surface area contributed by atoms with Crippen LogP contribution in [-0.4, -0.2) is 29.9 Å². The predicted octanol–water partition coefficient (Wildman–Crippen LogP) is 3.00. The van der Waals surface area contributed by atoms with Crippen LogP contribution >= 0.6 is 0 Å². The molecule has 3 rings (SSSR count). The second kappa shape index (κ2) is 6.27. The Bertz CT molecular complexity index is 822. The number of pyridine rings is 1. The number of carbonyl (C=O) groups excluding carboxylic acids is 1. The highest BCUT2D eigenvalue weighted by Gasteiger charge is 2.07. The van der Waals surface area contributed by atoms with E-state index < -0.39 is 0 Å². The number of hydrogen-bond acceptors (Lipinski definition) is 4. The minimum absolute atomic E-state index is 0.357. The molecule has 2 N–H and O–H groups in total. The predicted molar refractivity (Wildman–Crippen MR) is 87.4 cm³/mol. The van der Waals surface area contributed by atoms with Crippen molar-refractivity contribution in [3.8, 4) is 11.5 Å². The Morgan fingerprint density at radius 3 is 2.39 bits per heavy atom. The van der Waals surface area contributed by atoms with Crippen molar-refractivity contribution in [2.24, 2.45) is 0 Å². The lowest BCUT2D eigenvalue weighted by molar-refractivity contribution is 0.262. The fraction of sp³-hybridized carbons (Fsp3) is 0.125. The number of nitrogens with one attached hydrogen (secondary N) is 2. The van der Waals surface area contributed by atoms with Crippen molar-refractivity contribution in [3.05, 3.63) is 48.8 Å². The molecule has 2 amide bonds. The molecule has 0 radical (unpaired) electrons. The second-order valence-corrected chi connectivity index (χ2v) is 4.80. The second-order valence-electron chi connectivity index (χ2n) is 4.80. The molecule has 0 atom stereocenters. The van der Waals surface area contributed by atoms with Gasteiger partial charge in [-0.2, -0.15) is 5.10 Å². The molecule has 2 aromatic heterocycles. The summed E-state index contributed by atoms with van der Waals surface area (Å²) in [6, 6.07) is 10.3. The Hall–Kier alpha value is -3.22. The SMILES string of the molecule is COc1cc(NC(=O)Nc2ccn3nccc3c2)cc(OC)c1. The number of fused-ring (bicyclic) bond motifs is 1. The molecule has 0 saturated heterocycles. The van der Waals surface area contributed by atoms with Gasteiger partial charge in [0.15, 0.2) is 0 Å². The molecule has 0 aliphatic rings. The van der Waals surface area contributed by atoms with Gasteiger partial charge in [-0.25, -0.2) is 9.31 Å². The van der Waals surface area contributed by atoms with Crippen molar-refractivity contribution in [1.82, 2.24) is 9.61 Å². The summed E-state index contributed by atoms with van der Waals surface area (Å²) in [6.45, 7) is 0. The monoisotopic (exact) mass is 312 g/mol. The zero-order chi connectivity index (χ0) is 16.2. The highest BCUT2D eigenvalue weighted by Crippen LogP contribution is 2.25. The first-order valence-electron chi connectivity index (χ1n) is 6.92. The molecule has 3 aromatic rings. The Balaban J connectivity index is 1.73. The van der Waals surface area contributed by atoms with Crippen LogP contribution in [0.25, 0.3) is 5.52 Å². The number of urea groups is 1. The van der Waals surface area contributed by atoms with Crippen molar-refractivity contribution in [1.29, 1.82) is 0 Å². The number of amides is 2. The number of carbonyl (C=O) groups is 1. The largest absolute Gasteiger partial charge is 0.497 e.